The highest BCUT2D eigenvalue weighted by molar-refractivity contribution is 7.94. The van der Waals surface area contributed by atoms with Crippen molar-refractivity contribution in [3.8, 4) is 0 Å². The van der Waals surface area contributed by atoms with E-state index in [9.17, 15) is 13.7 Å². The Bertz CT molecular complexity index is 1380. The Hall–Kier alpha value is -2.67. The summed E-state index contributed by atoms with van der Waals surface area (Å²) in [6.07, 6.45) is 12.3. The predicted molar refractivity (Wildman–Crippen MR) is 150 cm³/mol. The normalized spacial score (nSPS) is 20.2. The topological polar surface area (TPSA) is 103 Å². The zero-order chi connectivity index (χ0) is 28.2. The van der Waals surface area contributed by atoms with Crippen LogP contribution in [0.3, 0.4) is 0 Å². The second-order valence-electron chi connectivity index (χ2n) is 9.08. The molecule has 9 nitrogen and oxygen atoms in total. The van der Waals surface area contributed by atoms with Crippen molar-refractivity contribution >= 4 is 33.4 Å². The lowest BCUT2D eigenvalue weighted by Crippen LogP contribution is -2.34. The summed E-state index contributed by atoms with van der Waals surface area (Å²) < 4.78 is 41.0. The molecule has 0 saturated carbocycles. The van der Waals surface area contributed by atoms with Crippen molar-refractivity contribution in [2.24, 2.45) is 5.92 Å². The third-order valence-electron chi connectivity index (χ3n) is 7.25. The van der Waals surface area contributed by atoms with Crippen LogP contribution in [0.2, 0.25) is 0 Å². The molecule has 1 aromatic carbocycles. The molecule has 0 radical (unpaired) electrons. The van der Waals surface area contributed by atoms with E-state index in [4.69, 9.17) is 9.07 Å². The molecule has 1 aromatic rings. The van der Waals surface area contributed by atoms with Crippen LogP contribution >= 0.6 is 12.0 Å². The summed E-state index contributed by atoms with van der Waals surface area (Å²) in [5, 5.41) is 14.4. The first-order valence-electron chi connectivity index (χ1n) is 13.1. The van der Waals surface area contributed by atoms with Gasteiger partial charge in [-0.25, -0.2) is 17.7 Å². The maximum absolute atomic E-state index is 12.5. The summed E-state index contributed by atoms with van der Waals surface area (Å²) in [6.45, 7) is 11.9. The number of nitrogens with zero attached hydrogens (tertiary/aromatic N) is 2. The summed E-state index contributed by atoms with van der Waals surface area (Å²) in [4.78, 5) is 2.76. The Kier molecular flexibility index (Phi) is 9.52. The molecule has 0 saturated heterocycles. The van der Waals surface area contributed by atoms with Gasteiger partial charge in [0.25, 0.3) is 0 Å². The summed E-state index contributed by atoms with van der Waals surface area (Å²) in [6, 6.07) is 4.78. The Morgan fingerprint density at radius 3 is 2.51 bits per heavy atom. The van der Waals surface area contributed by atoms with Gasteiger partial charge in [-0.1, -0.05) is 12.1 Å². The van der Waals surface area contributed by atoms with Gasteiger partial charge >= 0.3 is 0 Å². The first kappa shape index (κ1) is 29.3. The SMILES string of the molecule is CCN(CC)C1=CC2OC3=CC(=[N+](CC)CC)C=CC3=C(c3ccc(S(=O)(=O)NC)cc3SOO[O-])C2C=C1. The van der Waals surface area contributed by atoms with Gasteiger partial charge in [-0.2, -0.15) is 4.33 Å². The van der Waals surface area contributed by atoms with Crippen molar-refractivity contribution in [3.63, 3.8) is 0 Å². The van der Waals surface area contributed by atoms with E-state index in [2.05, 4.69) is 77.3 Å². The largest absolute Gasteiger partial charge is 0.691 e. The monoisotopic (exact) mass is 573 g/mol. The van der Waals surface area contributed by atoms with Crippen LogP contribution in [0.5, 0.6) is 0 Å². The van der Waals surface area contributed by atoms with Gasteiger partial charge in [0.05, 0.1) is 23.0 Å². The van der Waals surface area contributed by atoms with Gasteiger partial charge < -0.3 is 14.9 Å². The van der Waals surface area contributed by atoms with Crippen LogP contribution in [0.4, 0.5) is 0 Å². The highest BCUT2D eigenvalue weighted by Gasteiger charge is 2.38. The molecule has 2 atom stereocenters. The number of fused-ring (bicyclic) bond motifs is 2. The van der Waals surface area contributed by atoms with E-state index in [1.165, 1.54) is 13.1 Å². The number of allylic oxidation sites excluding steroid dienone is 4. The zero-order valence-electron chi connectivity index (χ0n) is 22.8. The second-order valence-corrected chi connectivity index (χ2v) is 11.7. The van der Waals surface area contributed by atoms with E-state index in [-0.39, 0.29) is 16.9 Å². The van der Waals surface area contributed by atoms with Crippen molar-refractivity contribution in [3.05, 3.63) is 77.2 Å². The number of benzene rings is 1. The summed E-state index contributed by atoms with van der Waals surface area (Å²) in [5.41, 5.74) is 4.72. The molecule has 210 valence electrons. The molecule has 2 aliphatic carbocycles. The quantitative estimate of drug-likeness (QED) is 0.186. The molecule has 2 unspecified atom stereocenters. The Balaban J connectivity index is 1.93. The first-order valence-corrected chi connectivity index (χ1v) is 15.3. The number of nitrogens with one attached hydrogen (secondary N) is 1. The number of hydrogen-bond acceptors (Lipinski definition) is 8. The average Bonchev–Trinajstić information content (AvgIpc) is 2.96. The highest BCUT2D eigenvalue weighted by atomic mass is 32.2. The maximum atomic E-state index is 12.5. The van der Waals surface area contributed by atoms with Gasteiger partial charge in [0, 0.05) is 41.2 Å². The van der Waals surface area contributed by atoms with Gasteiger partial charge in [-0.15, -0.1) is 0 Å². The predicted octanol–water partition coefficient (Wildman–Crippen LogP) is 3.34. The van der Waals surface area contributed by atoms with E-state index < -0.39 is 10.0 Å². The number of hydrogen-bond donors (Lipinski definition) is 1. The fourth-order valence-electron chi connectivity index (χ4n) is 5.20. The van der Waals surface area contributed by atoms with Crippen molar-refractivity contribution in [1.82, 2.24) is 9.62 Å². The molecule has 3 aliphatic rings. The fraction of sp³-hybridized carbons (Fsp3) is 0.393. The summed E-state index contributed by atoms with van der Waals surface area (Å²) in [5.74, 6) is 0.584. The molecule has 11 heteroatoms. The first-order chi connectivity index (χ1) is 18.8. The van der Waals surface area contributed by atoms with Gasteiger partial charge in [0.15, 0.2) is 0 Å². The molecule has 0 aromatic heterocycles. The average molecular weight is 574 g/mol. The molecule has 0 spiro atoms. The van der Waals surface area contributed by atoms with Crippen LogP contribution in [0.15, 0.2) is 81.5 Å². The van der Waals surface area contributed by atoms with E-state index in [0.29, 0.717) is 16.9 Å². The van der Waals surface area contributed by atoms with Gasteiger partial charge in [-0.3, -0.25) is 5.04 Å². The van der Waals surface area contributed by atoms with Crippen LogP contribution in [0.25, 0.3) is 5.57 Å². The van der Waals surface area contributed by atoms with Crippen molar-refractivity contribution < 1.29 is 32.4 Å². The Morgan fingerprint density at radius 1 is 1.13 bits per heavy atom. The number of rotatable bonds is 11. The Labute approximate surface area is 234 Å². The van der Waals surface area contributed by atoms with Crippen molar-refractivity contribution in [1.29, 1.82) is 0 Å². The van der Waals surface area contributed by atoms with E-state index in [1.54, 1.807) is 12.1 Å². The van der Waals surface area contributed by atoms with Crippen LogP contribution in [0, 0.1) is 5.92 Å². The van der Waals surface area contributed by atoms with Crippen molar-refractivity contribution in [2.75, 3.05) is 33.2 Å². The van der Waals surface area contributed by atoms with Crippen LogP contribution < -0.4 is 9.98 Å². The lowest BCUT2D eigenvalue weighted by atomic mass is 9.78. The van der Waals surface area contributed by atoms with E-state index in [0.717, 1.165) is 60.1 Å². The summed E-state index contributed by atoms with van der Waals surface area (Å²) in [7, 11) is -2.38. The minimum Gasteiger partial charge on any atom is -0.691 e. The lowest BCUT2D eigenvalue weighted by Gasteiger charge is -2.38. The van der Waals surface area contributed by atoms with Crippen LogP contribution in [-0.2, 0) is 24.1 Å². The molecular weight excluding hydrogens is 538 g/mol. The molecule has 0 fully saturated rings. The molecule has 4 rings (SSSR count). The zero-order valence-corrected chi connectivity index (χ0v) is 24.5. The number of likely N-dealkylation sites (N-methyl/N-ethyl adjacent to an activating group) is 1. The molecule has 1 heterocycles. The number of sulfonamides is 1. The molecule has 39 heavy (non-hydrogen) atoms. The van der Waals surface area contributed by atoms with Gasteiger partial charge in [-0.05, 0) is 76.2 Å². The van der Waals surface area contributed by atoms with E-state index in [1.807, 2.05) is 6.08 Å². The van der Waals surface area contributed by atoms with E-state index >= 15 is 0 Å². The molecule has 1 aliphatic heterocycles. The second kappa shape index (κ2) is 12.7. The van der Waals surface area contributed by atoms with Crippen molar-refractivity contribution in [2.45, 2.75) is 43.6 Å². The lowest BCUT2D eigenvalue weighted by molar-refractivity contribution is -0.777. The molecule has 0 amide bonds. The fourth-order valence-corrected chi connectivity index (χ4v) is 6.58. The maximum Gasteiger partial charge on any atom is 0.240 e. The van der Waals surface area contributed by atoms with Gasteiger partial charge in [0.1, 0.15) is 25.0 Å². The minimum atomic E-state index is -3.73. The molecule has 0 bridgehead atoms. The highest BCUT2D eigenvalue weighted by Crippen LogP contribution is 2.47. The number of ether oxygens (including phenoxy) is 1. The third-order valence-corrected chi connectivity index (χ3v) is 9.30. The third kappa shape index (κ3) is 5.93. The van der Waals surface area contributed by atoms with Crippen LogP contribution in [-0.4, -0.2) is 62.9 Å². The minimum absolute atomic E-state index is 0.0509. The standard InChI is InChI=1S/C28H35N3O6S2/c1-6-30(7-2)19-10-13-22-25(16-19)35-26-17-20(31(8-3)9-4)11-14-23(26)28(22)24-15-12-21(39(33,34)29-5)18-27(24)38-37-36-32/h10-18,22,25,29H,6-9H2,1-5H3. The summed E-state index contributed by atoms with van der Waals surface area (Å²) >= 11 is 0.679. The smallest absolute Gasteiger partial charge is 0.240 e. The van der Waals surface area contributed by atoms with Gasteiger partial charge in [0.2, 0.25) is 15.7 Å². The molecule has 1 N–H and O–H groups in total. The van der Waals surface area contributed by atoms with Crippen LogP contribution in [0.1, 0.15) is 33.3 Å². The molecular formula is C28H35N3O6S2. The Morgan fingerprint density at radius 2 is 1.87 bits per heavy atom.